The van der Waals surface area contributed by atoms with Crippen molar-refractivity contribution in [3.8, 4) is 17.6 Å². The normalized spacial score (nSPS) is 10.7. The van der Waals surface area contributed by atoms with E-state index in [0.717, 1.165) is 5.56 Å². The van der Waals surface area contributed by atoms with Crippen LogP contribution in [0.3, 0.4) is 0 Å². The fourth-order valence-corrected chi connectivity index (χ4v) is 2.72. The molecule has 0 aromatic heterocycles. The molecule has 8 heteroatoms. The van der Waals surface area contributed by atoms with Crippen LogP contribution in [-0.2, 0) is 9.59 Å². The summed E-state index contributed by atoms with van der Waals surface area (Å²) >= 11 is 3.33. The number of amides is 1. The molecule has 0 aliphatic heterocycles. The zero-order valence-corrected chi connectivity index (χ0v) is 16.7. The number of rotatable bonds is 7. The molecule has 0 heterocycles. The van der Waals surface area contributed by atoms with Crippen molar-refractivity contribution in [2.24, 2.45) is 0 Å². The molecule has 0 atom stereocenters. The number of nitriles is 1. The molecular formula is C20H17BrN2O5. The summed E-state index contributed by atoms with van der Waals surface area (Å²) in [5.41, 5.74) is 1.87. The van der Waals surface area contributed by atoms with Gasteiger partial charge in [0.2, 0.25) is 0 Å². The van der Waals surface area contributed by atoms with Gasteiger partial charge in [0.25, 0.3) is 5.91 Å². The number of carboxylic acids is 1. The van der Waals surface area contributed by atoms with E-state index in [1.807, 2.05) is 25.1 Å². The molecule has 28 heavy (non-hydrogen) atoms. The van der Waals surface area contributed by atoms with Crippen molar-refractivity contribution in [1.82, 2.24) is 0 Å². The number of methoxy groups -OCH3 is 1. The molecule has 0 saturated heterocycles. The number of anilines is 1. The van der Waals surface area contributed by atoms with Crippen molar-refractivity contribution >= 4 is 39.6 Å². The Labute approximate surface area is 170 Å². The fourth-order valence-electron chi connectivity index (χ4n) is 2.28. The molecule has 0 bridgehead atoms. The summed E-state index contributed by atoms with van der Waals surface area (Å²) in [6, 6.07) is 12.2. The minimum Gasteiger partial charge on any atom is -0.493 e. The second-order valence-electron chi connectivity index (χ2n) is 5.65. The summed E-state index contributed by atoms with van der Waals surface area (Å²) in [5, 5.41) is 20.9. The Morgan fingerprint density at radius 1 is 1.29 bits per heavy atom. The first kappa shape index (κ1) is 21.0. The molecule has 7 nitrogen and oxygen atoms in total. The van der Waals surface area contributed by atoms with Crippen molar-refractivity contribution in [2.45, 2.75) is 6.92 Å². The summed E-state index contributed by atoms with van der Waals surface area (Å²) in [7, 11) is 1.40. The minimum absolute atomic E-state index is 0.106. The first-order valence-electron chi connectivity index (χ1n) is 8.06. The van der Waals surface area contributed by atoms with E-state index in [9.17, 15) is 14.9 Å². The summed E-state index contributed by atoms with van der Waals surface area (Å²) in [5.74, 6) is -1.18. The molecule has 2 aromatic carbocycles. The van der Waals surface area contributed by atoms with Gasteiger partial charge in [-0.25, -0.2) is 4.79 Å². The topological polar surface area (TPSA) is 109 Å². The Hall–Kier alpha value is -3.31. The Morgan fingerprint density at radius 2 is 2.00 bits per heavy atom. The average molecular weight is 445 g/mol. The highest BCUT2D eigenvalue weighted by atomic mass is 79.9. The number of nitrogens with zero attached hydrogens (tertiary/aromatic N) is 1. The number of nitrogens with one attached hydrogen (secondary N) is 1. The van der Waals surface area contributed by atoms with Gasteiger partial charge in [0, 0.05) is 10.2 Å². The first-order chi connectivity index (χ1) is 13.3. The second kappa shape index (κ2) is 9.58. The fraction of sp³-hybridized carbons (Fsp3) is 0.150. The van der Waals surface area contributed by atoms with Crippen LogP contribution in [0.4, 0.5) is 5.69 Å². The maximum absolute atomic E-state index is 12.5. The largest absolute Gasteiger partial charge is 0.493 e. The third kappa shape index (κ3) is 5.34. The van der Waals surface area contributed by atoms with Crippen LogP contribution in [0.5, 0.6) is 11.5 Å². The van der Waals surface area contributed by atoms with Crippen LogP contribution >= 0.6 is 15.9 Å². The molecule has 0 unspecified atom stereocenters. The maximum Gasteiger partial charge on any atom is 0.341 e. The number of hydrogen-bond donors (Lipinski definition) is 2. The van der Waals surface area contributed by atoms with Gasteiger partial charge >= 0.3 is 5.97 Å². The number of halogens is 1. The summed E-state index contributed by atoms with van der Waals surface area (Å²) in [4.78, 5) is 23.2. The maximum atomic E-state index is 12.5. The molecule has 0 fully saturated rings. The van der Waals surface area contributed by atoms with Crippen LogP contribution in [0.2, 0.25) is 0 Å². The highest BCUT2D eigenvalue weighted by molar-refractivity contribution is 9.10. The van der Waals surface area contributed by atoms with Gasteiger partial charge in [-0.3, -0.25) is 4.79 Å². The zero-order valence-electron chi connectivity index (χ0n) is 15.2. The molecule has 2 aromatic rings. The Kier molecular flexibility index (Phi) is 7.18. The molecule has 0 spiro atoms. The van der Waals surface area contributed by atoms with Gasteiger partial charge in [-0.15, -0.1) is 0 Å². The number of carboxylic acid groups (broad SMARTS) is 1. The van der Waals surface area contributed by atoms with Crippen LogP contribution in [0.15, 0.2) is 46.4 Å². The van der Waals surface area contributed by atoms with Crippen LogP contribution in [0.25, 0.3) is 6.08 Å². The predicted molar refractivity (Wildman–Crippen MR) is 107 cm³/mol. The van der Waals surface area contributed by atoms with Crippen molar-refractivity contribution in [1.29, 1.82) is 5.26 Å². The first-order valence-corrected chi connectivity index (χ1v) is 8.86. The Bertz CT molecular complexity index is 979. The second-order valence-corrected chi connectivity index (χ2v) is 6.50. The summed E-state index contributed by atoms with van der Waals surface area (Å²) in [6.07, 6.45) is 1.40. The predicted octanol–water partition coefficient (Wildman–Crippen LogP) is 3.78. The number of carbonyl (C=O) groups is 2. The number of para-hydroxylation sites is 1. The van der Waals surface area contributed by atoms with E-state index in [4.69, 9.17) is 14.6 Å². The number of carbonyl (C=O) groups excluding carboxylic acids is 1. The quantitative estimate of drug-likeness (QED) is 0.496. The van der Waals surface area contributed by atoms with E-state index in [0.29, 0.717) is 15.7 Å². The lowest BCUT2D eigenvalue weighted by molar-refractivity contribution is -0.139. The van der Waals surface area contributed by atoms with Gasteiger partial charge in [0.15, 0.2) is 18.1 Å². The molecule has 2 N–H and O–H groups in total. The van der Waals surface area contributed by atoms with Crippen LogP contribution in [-0.4, -0.2) is 30.7 Å². The van der Waals surface area contributed by atoms with E-state index in [2.05, 4.69) is 21.2 Å². The standard InChI is InChI=1S/C20H17BrN2O5/c1-12-5-3-4-6-16(12)23-20(26)14(10-22)7-13-8-17(27-2)18(9-15(13)21)28-11-19(24)25/h3-9H,11H2,1-2H3,(H,23,26)(H,24,25)/b14-7+. The van der Waals surface area contributed by atoms with Gasteiger partial charge in [0.1, 0.15) is 11.6 Å². The lowest BCUT2D eigenvalue weighted by atomic mass is 10.1. The summed E-state index contributed by atoms with van der Waals surface area (Å²) < 4.78 is 10.9. The van der Waals surface area contributed by atoms with E-state index in [1.165, 1.54) is 19.3 Å². The Morgan fingerprint density at radius 3 is 2.61 bits per heavy atom. The van der Waals surface area contributed by atoms with Gasteiger partial charge < -0.3 is 19.9 Å². The van der Waals surface area contributed by atoms with E-state index < -0.39 is 18.5 Å². The monoisotopic (exact) mass is 444 g/mol. The van der Waals surface area contributed by atoms with Crippen molar-refractivity contribution in [3.63, 3.8) is 0 Å². The molecule has 144 valence electrons. The molecule has 0 aliphatic rings. The van der Waals surface area contributed by atoms with E-state index in [-0.39, 0.29) is 17.1 Å². The molecule has 0 aliphatic carbocycles. The minimum atomic E-state index is -1.12. The third-order valence-electron chi connectivity index (χ3n) is 3.69. The van der Waals surface area contributed by atoms with Crippen LogP contribution in [0, 0.1) is 18.3 Å². The average Bonchev–Trinajstić information content (AvgIpc) is 2.67. The Balaban J connectivity index is 2.32. The smallest absolute Gasteiger partial charge is 0.341 e. The molecule has 2 rings (SSSR count). The van der Waals surface area contributed by atoms with Crippen molar-refractivity contribution in [3.05, 3.63) is 57.6 Å². The van der Waals surface area contributed by atoms with Gasteiger partial charge in [-0.2, -0.15) is 5.26 Å². The number of aliphatic carboxylic acids is 1. The van der Waals surface area contributed by atoms with Crippen LogP contribution < -0.4 is 14.8 Å². The summed E-state index contributed by atoms with van der Waals surface area (Å²) in [6.45, 7) is 1.32. The highest BCUT2D eigenvalue weighted by Gasteiger charge is 2.15. The van der Waals surface area contributed by atoms with Crippen molar-refractivity contribution < 1.29 is 24.2 Å². The lowest BCUT2D eigenvalue weighted by Crippen LogP contribution is -2.14. The number of aryl methyl sites for hydroxylation is 1. The molecular weight excluding hydrogens is 428 g/mol. The molecule has 1 amide bonds. The number of ether oxygens (including phenoxy) is 2. The van der Waals surface area contributed by atoms with Gasteiger partial charge in [-0.1, -0.05) is 34.1 Å². The highest BCUT2D eigenvalue weighted by Crippen LogP contribution is 2.34. The van der Waals surface area contributed by atoms with Crippen molar-refractivity contribution in [2.75, 3.05) is 19.0 Å². The van der Waals surface area contributed by atoms with Gasteiger partial charge in [-0.05, 0) is 42.3 Å². The third-order valence-corrected chi connectivity index (χ3v) is 4.38. The van der Waals surface area contributed by atoms with E-state index >= 15 is 0 Å². The lowest BCUT2D eigenvalue weighted by Gasteiger charge is -2.12. The number of hydrogen-bond acceptors (Lipinski definition) is 5. The SMILES string of the molecule is COc1cc(/C=C(\C#N)C(=O)Nc2ccccc2C)c(Br)cc1OCC(=O)O. The van der Waals surface area contributed by atoms with Crippen LogP contribution in [0.1, 0.15) is 11.1 Å². The molecule has 0 saturated carbocycles. The van der Waals surface area contributed by atoms with Gasteiger partial charge in [0.05, 0.1) is 7.11 Å². The number of benzene rings is 2. The molecule has 0 radical (unpaired) electrons. The van der Waals surface area contributed by atoms with E-state index in [1.54, 1.807) is 18.2 Å². The zero-order chi connectivity index (χ0) is 20.7.